The second-order valence-electron chi connectivity index (χ2n) is 5.63. The topological polar surface area (TPSA) is 23.6 Å². The first-order chi connectivity index (χ1) is 9.88. The highest BCUT2D eigenvalue weighted by Crippen LogP contribution is 2.09. The fourth-order valence-corrected chi connectivity index (χ4v) is 2.76. The first-order valence-corrected chi connectivity index (χ1v) is 7.84. The Balaban J connectivity index is 1.47. The highest BCUT2D eigenvalue weighted by atomic mass is 16.1. The van der Waals surface area contributed by atoms with Crippen LogP contribution in [0.3, 0.4) is 0 Å². The molecule has 0 saturated carbocycles. The van der Waals surface area contributed by atoms with Crippen molar-refractivity contribution in [3.05, 3.63) is 35.9 Å². The van der Waals surface area contributed by atoms with Crippen molar-refractivity contribution in [1.82, 2.24) is 9.80 Å². The summed E-state index contributed by atoms with van der Waals surface area (Å²) >= 11 is 0. The van der Waals surface area contributed by atoms with Gasteiger partial charge in [-0.1, -0.05) is 43.2 Å². The second-order valence-corrected chi connectivity index (χ2v) is 5.63. The lowest BCUT2D eigenvalue weighted by molar-refractivity contribution is -0.119. The molecule has 0 radical (unpaired) electrons. The zero-order valence-electron chi connectivity index (χ0n) is 12.3. The standard InChI is InChI=1S/C17H26N2O/c20-16-19-14-12-18(13-15-19)11-7-2-1-4-8-17-9-5-3-6-10-17/h3,5-6,9-10,16H,1-2,4,7-8,11-15H2. The number of carbonyl (C=O) groups is 1. The summed E-state index contributed by atoms with van der Waals surface area (Å²) in [6, 6.07) is 10.7. The molecule has 1 aliphatic heterocycles. The maximum atomic E-state index is 10.6. The Morgan fingerprint density at radius 3 is 2.30 bits per heavy atom. The Kier molecular flexibility index (Phi) is 6.58. The van der Waals surface area contributed by atoms with Crippen LogP contribution in [-0.4, -0.2) is 48.9 Å². The molecule has 1 saturated heterocycles. The number of unbranched alkanes of at least 4 members (excludes halogenated alkanes) is 3. The van der Waals surface area contributed by atoms with Crippen molar-refractivity contribution in [3.8, 4) is 0 Å². The molecule has 1 aromatic carbocycles. The monoisotopic (exact) mass is 274 g/mol. The van der Waals surface area contributed by atoms with Crippen LogP contribution in [0.5, 0.6) is 0 Å². The van der Waals surface area contributed by atoms with Gasteiger partial charge in [-0.15, -0.1) is 0 Å². The summed E-state index contributed by atoms with van der Waals surface area (Å²) in [7, 11) is 0. The molecule has 1 aromatic rings. The molecule has 0 aliphatic carbocycles. The quantitative estimate of drug-likeness (QED) is 0.537. The maximum absolute atomic E-state index is 10.6. The van der Waals surface area contributed by atoms with E-state index in [0.29, 0.717) is 0 Å². The van der Waals surface area contributed by atoms with Gasteiger partial charge < -0.3 is 4.90 Å². The van der Waals surface area contributed by atoms with Crippen molar-refractivity contribution in [2.24, 2.45) is 0 Å². The number of benzene rings is 1. The number of rotatable bonds is 8. The third-order valence-corrected chi connectivity index (χ3v) is 4.09. The lowest BCUT2D eigenvalue weighted by Crippen LogP contribution is -2.45. The molecule has 0 bridgehead atoms. The van der Waals surface area contributed by atoms with Gasteiger partial charge in [0.1, 0.15) is 0 Å². The van der Waals surface area contributed by atoms with Gasteiger partial charge in [-0.3, -0.25) is 9.69 Å². The van der Waals surface area contributed by atoms with Gasteiger partial charge in [0.15, 0.2) is 0 Å². The number of piperazine rings is 1. The van der Waals surface area contributed by atoms with Crippen LogP contribution in [0.1, 0.15) is 31.2 Å². The van der Waals surface area contributed by atoms with Crippen LogP contribution in [0.25, 0.3) is 0 Å². The molecule has 0 unspecified atom stereocenters. The highest BCUT2D eigenvalue weighted by molar-refractivity contribution is 5.47. The van der Waals surface area contributed by atoms with E-state index in [4.69, 9.17) is 0 Å². The van der Waals surface area contributed by atoms with E-state index in [1.165, 1.54) is 44.2 Å². The van der Waals surface area contributed by atoms with Crippen molar-refractivity contribution in [1.29, 1.82) is 0 Å². The van der Waals surface area contributed by atoms with E-state index < -0.39 is 0 Å². The number of carbonyl (C=O) groups excluding carboxylic acids is 1. The van der Waals surface area contributed by atoms with E-state index in [2.05, 4.69) is 35.2 Å². The van der Waals surface area contributed by atoms with Crippen LogP contribution in [0.4, 0.5) is 0 Å². The highest BCUT2D eigenvalue weighted by Gasteiger charge is 2.14. The summed E-state index contributed by atoms with van der Waals surface area (Å²) in [6.07, 6.45) is 7.41. The molecule has 3 nitrogen and oxygen atoms in total. The summed E-state index contributed by atoms with van der Waals surface area (Å²) in [5, 5.41) is 0. The first kappa shape index (κ1) is 15.0. The van der Waals surface area contributed by atoms with Crippen LogP contribution in [0, 0.1) is 0 Å². The Morgan fingerprint density at radius 1 is 0.900 bits per heavy atom. The Bertz CT molecular complexity index is 372. The fraction of sp³-hybridized carbons (Fsp3) is 0.588. The number of hydrogen-bond acceptors (Lipinski definition) is 2. The predicted molar refractivity (Wildman–Crippen MR) is 82.7 cm³/mol. The van der Waals surface area contributed by atoms with E-state index in [-0.39, 0.29) is 0 Å². The van der Waals surface area contributed by atoms with Crippen LogP contribution in [-0.2, 0) is 11.2 Å². The van der Waals surface area contributed by atoms with Crippen LogP contribution in [0.2, 0.25) is 0 Å². The van der Waals surface area contributed by atoms with Gasteiger partial charge >= 0.3 is 0 Å². The number of aryl methyl sites for hydroxylation is 1. The summed E-state index contributed by atoms with van der Waals surface area (Å²) < 4.78 is 0. The second kappa shape index (κ2) is 8.75. The molecule has 1 fully saturated rings. The van der Waals surface area contributed by atoms with Gasteiger partial charge in [0.05, 0.1) is 0 Å². The number of amides is 1. The molecule has 2 rings (SSSR count). The molecule has 3 heteroatoms. The lowest BCUT2D eigenvalue weighted by atomic mass is 10.1. The van der Waals surface area contributed by atoms with E-state index in [1.54, 1.807) is 0 Å². The molecule has 0 aromatic heterocycles. The third-order valence-electron chi connectivity index (χ3n) is 4.09. The molecule has 1 amide bonds. The number of hydrogen-bond donors (Lipinski definition) is 0. The van der Waals surface area contributed by atoms with Crippen LogP contribution < -0.4 is 0 Å². The van der Waals surface area contributed by atoms with Gasteiger partial charge in [0, 0.05) is 26.2 Å². The average molecular weight is 274 g/mol. The summed E-state index contributed by atoms with van der Waals surface area (Å²) in [5.74, 6) is 0. The van der Waals surface area contributed by atoms with Crippen molar-refractivity contribution in [2.45, 2.75) is 32.1 Å². The summed E-state index contributed by atoms with van der Waals surface area (Å²) in [5.41, 5.74) is 1.46. The average Bonchev–Trinajstić information content (AvgIpc) is 2.52. The molecule has 1 heterocycles. The van der Waals surface area contributed by atoms with Gasteiger partial charge in [-0.05, 0) is 31.4 Å². The van der Waals surface area contributed by atoms with E-state index in [1.807, 2.05) is 4.90 Å². The number of nitrogens with zero attached hydrogens (tertiary/aromatic N) is 2. The molecular weight excluding hydrogens is 248 g/mol. The largest absolute Gasteiger partial charge is 0.343 e. The van der Waals surface area contributed by atoms with Crippen LogP contribution in [0.15, 0.2) is 30.3 Å². The fourth-order valence-electron chi connectivity index (χ4n) is 2.76. The Morgan fingerprint density at radius 2 is 1.60 bits per heavy atom. The molecule has 0 N–H and O–H groups in total. The third kappa shape index (κ3) is 5.33. The lowest BCUT2D eigenvalue weighted by Gasteiger charge is -2.32. The molecule has 0 atom stereocenters. The molecule has 0 spiro atoms. The van der Waals surface area contributed by atoms with E-state index in [0.717, 1.165) is 32.6 Å². The van der Waals surface area contributed by atoms with Crippen molar-refractivity contribution in [3.63, 3.8) is 0 Å². The summed E-state index contributed by atoms with van der Waals surface area (Å²) in [6.45, 7) is 5.08. The van der Waals surface area contributed by atoms with Gasteiger partial charge in [-0.25, -0.2) is 0 Å². The zero-order valence-corrected chi connectivity index (χ0v) is 12.3. The molecule has 1 aliphatic rings. The van der Waals surface area contributed by atoms with Crippen LogP contribution >= 0.6 is 0 Å². The Hall–Kier alpha value is -1.35. The summed E-state index contributed by atoms with van der Waals surface area (Å²) in [4.78, 5) is 15.0. The van der Waals surface area contributed by atoms with Gasteiger partial charge in [-0.2, -0.15) is 0 Å². The first-order valence-electron chi connectivity index (χ1n) is 7.84. The molecule has 20 heavy (non-hydrogen) atoms. The minimum Gasteiger partial charge on any atom is -0.343 e. The molecular formula is C17H26N2O. The van der Waals surface area contributed by atoms with Crippen molar-refractivity contribution >= 4 is 6.41 Å². The van der Waals surface area contributed by atoms with E-state index >= 15 is 0 Å². The minimum atomic E-state index is 0.900. The maximum Gasteiger partial charge on any atom is 0.209 e. The smallest absolute Gasteiger partial charge is 0.209 e. The van der Waals surface area contributed by atoms with Gasteiger partial charge in [0.2, 0.25) is 6.41 Å². The molecule has 110 valence electrons. The zero-order chi connectivity index (χ0) is 14.0. The predicted octanol–water partition coefficient (Wildman–Crippen LogP) is 2.56. The van der Waals surface area contributed by atoms with Gasteiger partial charge in [0.25, 0.3) is 0 Å². The minimum absolute atomic E-state index is 0.900. The van der Waals surface area contributed by atoms with Crippen molar-refractivity contribution in [2.75, 3.05) is 32.7 Å². The van der Waals surface area contributed by atoms with E-state index in [9.17, 15) is 4.79 Å². The SMILES string of the molecule is O=CN1CCN(CCCCCCc2ccccc2)CC1. The normalized spacial score (nSPS) is 16.3. The Labute approximate surface area is 122 Å². The van der Waals surface area contributed by atoms with Crippen molar-refractivity contribution < 1.29 is 4.79 Å².